The average Bonchev–Trinajstić information content (AvgIpc) is 2.45. The molecule has 6 nitrogen and oxygen atoms in total. The number of rotatable bonds is 3. The summed E-state index contributed by atoms with van der Waals surface area (Å²) < 4.78 is 27.6. The topological polar surface area (TPSA) is 75.7 Å². The van der Waals surface area contributed by atoms with E-state index in [9.17, 15) is 13.2 Å². The molecular formula is C8H16N2O4S. The predicted octanol–water partition coefficient (Wildman–Crippen LogP) is -1.22. The lowest BCUT2D eigenvalue weighted by Gasteiger charge is -2.19. The molecule has 88 valence electrons. The molecule has 0 spiro atoms. The van der Waals surface area contributed by atoms with Crippen molar-refractivity contribution in [1.29, 1.82) is 0 Å². The predicted molar refractivity (Wildman–Crippen MR) is 54.9 cm³/mol. The van der Waals surface area contributed by atoms with E-state index in [1.54, 1.807) is 0 Å². The lowest BCUT2D eigenvalue weighted by Crippen LogP contribution is -2.46. The molecule has 1 saturated heterocycles. The smallest absolute Gasteiger partial charge is 0.251 e. The molecule has 0 unspecified atom stereocenters. The van der Waals surface area contributed by atoms with E-state index in [2.05, 4.69) is 5.43 Å². The van der Waals surface area contributed by atoms with E-state index in [4.69, 9.17) is 4.74 Å². The molecule has 0 radical (unpaired) electrons. The van der Waals surface area contributed by atoms with Crippen molar-refractivity contribution in [2.75, 3.05) is 37.8 Å². The van der Waals surface area contributed by atoms with Crippen molar-refractivity contribution in [3.63, 3.8) is 0 Å². The van der Waals surface area contributed by atoms with Gasteiger partial charge in [0.2, 0.25) is 0 Å². The number of nitrogens with one attached hydrogen (secondary N) is 1. The second kappa shape index (κ2) is 5.43. The van der Waals surface area contributed by atoms with Crippen LogP contribution in [0.4, 0.5) is 0 Å². The number of carbonyl (C=O) groups excluding carboxylic acids is 1. The fourth-order valence-electron chi connectivity index (χ4n) is 1.17. The van der Waals surface area contributed by atoms with E-state index >= 15 is 0 Å². The van der Waals surface area contributed by atoms with Crippen LogP contribution in [0.2, 0.25) is 0 Å². The highest BCUT2D eigenvalue weighted by Gasteiger charge is 2.21. The van der Waals surface area contributed by atoms with Gasteiger partial charge in [-0.2, -0.15) is 0 Å². The van der Waals surface area contributed by atoms with Crippen molar-refractivity contribution in [2.45, 2.75) is 6.92 Å². The first kappa shape index (κ1) is 12.4. The van der Waals surface area contributed by atoms with Crippen molar-refractivity contribution < 1.29 is 17.9 Å². The van der Waals surface area contributed by atoms with Gasteiger partial charge in [0, 0.05) is 12.3 Å². The largest absolute Gasteiger partial charge is 0.378 e. The summed E-state index contributed by atoms with van der Waals surface area (Å²) in [5.74, 6) is -0.859. The summed E-state index contributed by atoms with van der Waals surface area (Å²) in [7, 11) is -3.25. The maximum atomic E-state index is 11.6. The van der Waals surface area contributed by atoms with Gasteiger partial charge in [0.25, 0.3) is 5.91 Å². The molecule has 1 heterocycles. The van der Waals surface area contributed by atoms with Gasteiger partial charge in [0.05, 0.1) is 19.8 Å². The number of nitrogens with zero attached hydrogens (tertiary/aromatic N) is 1. The maximum absolute atomic E-state index is 11.6. The number of hydrogen-bond donors (Lipinski definition) is 1. The molecule has 0 aromatic heterocycles. The van der Waals surface area contributed by atoms with Crippen LogP contribution in [0.5, 0.6) is 0 Å². The molecule has 0 aromatic carbocycles. The monoisotopic (exact) mass is 236 g/mol. The van der Waals surface area contributed by atoms with Gasteiger partial charge < -0.3 is 4.74 Å². The minimum absolute atomic E-state index is 0.0108. The number of sulfone groups is 1. The van der Waals surface area contributed by atoms with Crippen LogP contribution in [0.1, 0.15) is 6.92 Å². The SMILES string of the molecule is CCS(=O)(=O)CC(=O)N1CCOCCN1. The van der Waals surface area contributed by atoms with Crippen LogP contribution in [0.25, 0.3) is 0 Å². The van der Waals surface area contributed by atoms with Gasteiger partial charge in [-0.25, -0.2) is 13.8 Å². The maximum Gasteiger partial charge on any atom is 0.251 e. The van der Waals surface area contributed by atoms with E-state index in [0.29, 0.717) is 26.3 Å². The molecular weight excluding hydrogens is 220 g/mol. The first-order chi connectivity index (χ1) is 7.05. The average molecular weight is 236 g/mol. The minimum atomic E-state index is -3.25. The van der Waals surface area contributed by atoms with E-state index in [1.807, 2.05) is 0 Å². The Kier molecular flexibility index (Phi) is 4.49. The lowest BCUT2D eigenvalue weighted by molar-refractivity contribution is -0.131. The summed E-state index contributed by atoms with van der Waals surface area (Å²) in [6.45, 7) is 3.41. The standard InChI is InChI=1S/C8H16N2O4S/c1-2-15(12,13)7-8(11)10-4-6-14-5-3-9-10/h9H,2-7H2,1H3. The van der Waals surface area contributed by atoms with Gasteiger partial charge in [0.15, 0.2) is 9.84 Å². The van der Waals surface area contributed by atoms with Gasteiger partial charge >= 0.3 is 0 Å². The Hall–Kier alpha value is -0.660. The molecule has 1 N–H and O–H groups in total. The quantitative estimate of drug-likeness (QED) is 0.665. The van der Waals surface area contributed by atoms with E-state index < -0.39 is 21.5 Å². The van der Waals surface area contributed by atoms with Gasteiger partial charge in [-0.1, -0.05) is 6.92 Å². The van der Waals surface area contributed by atoms with E-state index in [1.165, 1.54) is 11.9 Å². The van der Waals surface area contributed by atoms with E-state index in [-0.39, 0.29) is 5.75 Å². The molecule has 1 aliphatic rings. The molecule has 1 rings (SSSR count). The Balaban J connectivity index is 2.52. The molecule has 0 atom stereocenters. The Morgan fingerprint density at radius 3 is 2.87 bits per heavy atom. The molecule has 0 saturated carbocycles. The van der Waals surface area contributed by atoms with Crippen LogP contribution in [0.3, 0.4) is 0 Å². The first-order valence-corrected chi connectivity index (χ1v) is 6.69. The van der Waals surface area contributed by atoms with Crippen LogP contribution >= 0.6 is 0 Å². The molecule has 1 fully saturated rings. The highest BCUT2D eigenvalue weighted by Crippen LogP contribution is 1.96. The second-order valence-corrected chi connectivity index (χ2v) is 5.60. The minimum Gasteiger partial charge on any atom is -0.378 e. The zero-order valence-corrected chi connectivity index (χ0v) is 9.55. The summed E-state index contributed by atoms with van der Waals surface area (Å²) in [6.07, 6.45) is 0. The Morgan fingerprint density at radius 2 is 2.20 bits per heavy atom. The number of amides is 1. The van der Waals surface area contributed by atoms with Gasteiger partial charge in [-0.3, -0.25) is 9.80 Å². The van der Waals surface area contributed by atoms with Crippen LogP contribution in [0.15, 0.2) is 0 Å². The molecule has 1 aliphatic heterocycles. The number of ether oxygens (including phenoxy) is 1. The molecule has 1 amide bonds. The van der Waals surface area contributed by atoms with Crippen LogP contribution in [-0.2, 0) is 19.4 Å². The van der Waals surface area contributed by atoms with Crippen molar-refractivity contribution in [2.24, 2.45) is 0 Å². The zero-order valence-electron chi connectivity index (χ0n) is 8.73. The zero-order chi connectivity index (χ0) is 11.3. The van der Waals surface area contributed by atoms with Crippen LogP contribution in [-0.4, -0.2) is 57.1 Å². The van der Waals surface area contributed by atoms with Crippen LogP contribution < -0.4 is 5.43 Å². The summed E-state index contributed by atoms with van der Waals surface area (Å²) in [6, 6.07) is 0. The fraction of sp³-hybridized carbons (Fsp3) is 0.875. The normalized spacial score (nSPS) is 18.6. The molecule has 0 aliphatic carbocycles. The molecule has 0 aromatic rings. The summed E-state index contributed by atoms with van der Waals surface area (Å²) in [5, 5.41) is 1.32. The second-order valence-electron chi connectivity index (χ2n) is 3.24. The highest BCUT2D eigenvalue weighted by molar-refractivity contribution is 7.92. The Bertz CT molecular complexity index is 307. The fourth-order valence-corrected chi connectivity index (χ4v) is 1.91. The number of carbonyl (C=O) groups is 1. The third-order valence-corrected chi connectivity index (χ3v) is 3.66. The van der Waals surface area contributed by atoms with E-state index in [0.717, 1.165) is 0 Å². The summed E-state index contributed by atoms with van der Waals surface area (Å²) in [5.41, 5.74) is 2.82. The van der Waals surface area contributed by atoms with Gasteiger partial charge in [-0.05, 0) is 0 Å². The summed E-state index contributed by atoms with van der Waals surface area (Å²) >= 11 is 0. The van der Waals surface area contributed by atoms with Gasteiger partial charge in [0.1, 0.15) is 5.75 Å². The van der Waals surface area contributed by atoms with Crippen LogP contribution in [0, 0.1) is 0 Å². The lowest BCUT2D eigenvalue weighted by atomic mass is 10.6. The van der Waals surface area contributed by atoms with Crippen molar-refractivity contribution in [3.8, 4) is 0 Å². The number of hydrazine groups is 1. The first-order valence-electron chi connectivity index (χ1n) is 4.87. The Labute approximate surface area is 89.5 Å². The molecule has 7 heteroatoms. The Morgan fingerprint density at radius 1 is 1.47 bits per heavy atom. The summed E-state index contributed by atoms with van der Waals surface area (Å²) in [4.78, 5) is 11.6. The third kappa shape index (κ3) is 4.15. The van der Waals surface area contributed by atoms with Gasteiger partial charge in [-0.15, -0.1) is 0 Å². The van der Waals surface area contributed by atoms with Crippen molar-refractivity contribution >= 4 is 15.7 Å². The third-order valence-electron chi connectivity index (χ3n) is 2.09. The van der Waals surface area contributed by atoms with Crippen molar-refractivity contribution in [1.82, 2.24) is 10.4 Å². The van der Waals surface area contributed by atoms with Crippen molar-refractivity contribution in [3.05, 3.63) is 0 Å². The molecule has 15 heavy (non-hydrogen) atoms. The molecule has 0 bridgehead atoms. The highest BCUT2D eigenvalue weighted by atomic mass is 32.2. The number of hydrogen-bond acceptors (Lipinski definition) is 5.